The highest BCUT2D eigenvalue weighted by molar-refractivity contribution is 7.10. The zero-order chi connectivity index (χ0) is 21.1. The fourth-order valence-corrected chi connectivity index (χ4v) is 4.98. The van der Waals surface area contributed by atoms with Gasteiger partial charge in [-0.25, -0.2) is 0 Å². The summed E-state index contributed by atoms with van der Waals surface area (Å²) in [7, 11) is 0. The predicted molar refractivity (Wildman–Crippen MR) is 111 cm³/mol. The average Bonchev–Trinajstić information content (AvgIpc) is 3.39. The Labute approximate surface area is 177 Å². The number of nitrogens with one attached hydrogen (secondary N) is 1. The number of rotatable bonds is 5. The summed E-state index contributed by atoms with van der Waals surface area (Å²) in [6.45, 7) is 3.10. The van der Waals surface area contributed by atoms with Gasteiger partial charge < -0.3 is 15.0 Å². The maximum atomic E-state index is 13.3. The van der Waals surface area contributed by atoms with Gasteiger partial charge in [-0.15, -0.1) is 11.3 Å². The van der Waals surface area contributed by atoms with E-state index in [1.54, 1.807) is 11.3 Å². The van der Waals surface area contributed by atoms with Gasteiger partial charge in [0.2, 0.25) is 5.91 Å². The number of carbonyl (C=O) groups excluding carboxylic acids is 1. The van der Waals surface area contributed by atoms with Gasteiger partial charge in [0, 0.05) is 24.0 Å². The third kappa shape index (κ3) is 4.79. The molecule has 1 N–H and O–H groups in total. The largest absolute Gasteiger partial charge is 0.416 e. The molecule has 4 rings (SSSR count). The number of hydrogen-bond acceptors (Lipinski definition) is 5. The second kappa shape index (κ2) is 8.95. The molecule has 1 amide bonds. The summed E-state index contributed by atoms with van der Waals surface area (Å²) in [6.07, 6.45) is -2.49. The zero-order valence-electron chi connectivity index (χ0n) is 16.5. The van der Waals surface area contributed by atoms with Crippen LogP contribution in [-0.4, -0.2) is 50.2 Å². The molecule has 1 aromatic heterocycles. The van der Waals surface area contributed by atoms with Crippen LogP contribution in [0.1, 0.15) is 29.3 Å². The van der Waals surface area contributed by atoms with Gasteiger partial charge in [0.15, 0.2) is 0 Å². The van der Waals surface area contributed by atoms with Crippen molar-refractivity contribution >= 4 is 28.6 Å². The van der Waals surface area contributed by atoms with Crippen LogP contribution < -0.4 is 10.2 Å². The van der Waals surface area contributed by atoms with Crippen molar-refractivity contribution in [3.63, 3.8) is 0 Å². The highest BCUT2D eigenvalue weighted by atomic mass is 32.1. The first-order valence-corrected chi connectivity index (χ1v) is 10.9. The van der Waals surface area contributed by atoms with Crippen LogP contribution in [0.4, 0.5) is 24.5 Å². The van der Waals surface area contributed by atoms with E-state index in [-0.39, 0.29) is 24.2 Å². The minimum Gasteiger partial charge on any atom is -0.378 e. The van der Waals surface area contributed by atoms with Gasteiger partial charge in [-0.3, -0.25) is 9.69 Å². The molecule has 2 aliphatic heterocycles. The zero-order valence-corrected chi connectivity index (χ0v) is 17.3. The van der Waals surface area contributed by atoms with E-state index >= 15 is 0 Å². The lowest BCUT2D eigenvalue weighted by atomic mass is 10.1. The second-order valence-corrected chi connectivity index (χ2v) is 8.50. The van der Waals surface area contributed by atoms with Crippen molar-refractivity contribution < 1.29 is 22.7 Å². The molecule has 1 atom stereocenters. The normalized spacial score (nSPS) is 20.5. The van der Waals surface area contributed by atoms with Crippen molar-refractivity contribution in [2.75, 3.05) is 49.6 Å². The fourth-order valence-electron chi connectivity index (χ4n) is 4.09. The Morgan fingerprint density at radius 3 is 2.70 bits per heavy atom. The van der Waals surface area contributed by atoms with E-state index in [9.17, 15) is 18.0 Å². The molecule has 0 saturated carbocycles. The molecule has 0 spiro atoms. The molecule has 2 saturated heterocycles. The summed E-state index contributed by atoms with van der Waals surface area (Å²) in [6, 6.07) is 7.78. The van der Waals surface area contributed by atoms with Gasteiger partial charge in [-0.2, -0.15) is 13.2 Å². The minimum atomic E-state index is -4.47. The highest BCUT2D eigenvalue weighted by Crippen LogP contribution is 2.37. The lowest BCUT2D eigenvalue weighted by molar-refractivity contribution is -0.137. The molecular formula is C21H24F3N3O2S. The molecule has 5 nitrogen and oxygen atoms in total. The van der Waals surface area contributed by atoms with E-state index in [2.05, 4.69) is 16.3 Å². The van der Waals surface area contributed by atoms with E-state index in [1.165, 1.54) is 10.9 Å². The molecule has 0 aliphatic carbocycles. The molecule has 0 bridgehead atoms. The van der Waals surface area contributed by atoms with Crippen molar-refractivity contribution in [3.05, 3.63) is 46.2 Å². The maximum absolute atomic E-state index is 13.3. The van der Waals surface area contributed by atoms with Crippen LogP contribution in [0.3, 0.4) is 0 Å². The van der Waals surface area contributed by atoms with Crippen LogP contribution in [0.25, 0.3) is 0 Å². The van der Waals surface area contributed by atoms with E-state index in [0.29, 0.717) is 32.0 Å². The first kappa shape index (κ1) is 21.1. The molecular weight excluding hydrogens is 415 g/mol. The third-order valence-electron chi connectivity index (χ3n) is 5.53. The Morgan fingerprint density at radius 2 is 2.00 bits per heavy atom. The number of amides is 1. The molecule has 2 fully saturated rings. The monoisotopic (exact) mass is 439 g/mol. The Morgan fingerprint density at radius 1 is 1.20 bits per heavy atom. The van der Waals surface area contributed by atoms with E-state index in [4.69, 9.17) is 4.74 Å². The van der Waals surface area contributed by atoms with Crippen molar-refractivity contribution in [2.24, 2.45) is 0 Å². The van der Waals surface area contributed by atoms with Crippen LogP contribution in [0.15, 0.2) is 35.7 Å². The van der Waals surface area contributed by atoms with E-state index in [0.717, 1.165) is 31.5 Å². The van der Waals surface area contributed by atoms with Crippen molar-refractivity contribution in [1.82, 2.24) is 4.90 Å². The van der Waals surface area contributed by atoms with Crippen molar-refractivity contribution in [3.8, 4) is 0 Å². The molecule has 0 radical (unpaired) electrons. The van der Waals surface area contributed by atoms with Crippen LogP contribution in [0, 0.1) is 0 Å². The number of likely N-dealkylation sites (tertiary alicyclic amines) is 1. The van der Waals surface area contributed by atoms with Crippen LogP contribution in [0.5, 0.6) is 0 Å². The summed E-state index contributed by atoms with van der Waals surface area (Å²) in [4.78, 5) is 18.1. The SMILES string of the molecule is O=C(CN1CCC[C@@H]1c1cccs1)Nc1cc(C(F)(F)F)ccc1N1CCOCC1. The first-order chi connectivity index (χ1) is 14.4. The fraction of sp³-hybridized carbons (Fsp3) is 0.476. The molecule has 2 aliphatic rings. The van der Waals surface area contributed by atoms with Gasteiger partial charge in [-0.1, -0.05) is 6.07 Å². The number of thiophene rings is 1. The van der Waals surface area contributed by atoms with Crippen LogP contribution in [-0.2, 0) is 15.7 Å². The number of nitrogens with zero attached hydrogens (tertiary/aromatic N) is 2. The van der Waals surface area contributed by atoms with E-state index in [1.807, 2.05) is 16.3 Å². The topological polar surface area (TPSA) is 44.8 Å². The van der Waals surface area contributed by atoms with Crippen molar-refractivity contribution in [1.29, 1.82) is 0 Å². The Hall–Kier alpha value is -2.10. The lowest BCUT2D eigenvalue weighted by Crippen LogP contribution is -2.37. The Kier molecular flexibility index (Phi) is 6.31. The standard InChI is InChI=1S/C21H24F3N3O2S/c22-21(23,24)15-5-6-17(26-8-10-29-11-9-26)16(13-15)25-20(28)14-27-7-1-3-18(27)19-4-2-12-30-19/h2,4-6,12-13,18H,1,3,7-11,14H2,(H,25,28)/t18-/m1/s1. The smallest absolute Gasteiger partial charge is 0.378 e. The molecule has 30 heavy (non-hydrogen) atoms. The first-order valence-electron chi connectivity index (χ1n) is 10.0. The van der Waals surface area contributed by atoms with Gasteiger partial charge in [-0.05, 0) is 49.0 Å². The molecule has 162 valence electrons. The van der Waals surface area contributed by atoms with E-state index < -0.39 is 11.7 Å². The number of carbonyl (C=O) groups is 1. The maximum Gasteiger partial charge on any atom is 0.416 e. The molecule has 3 heterocycles. The van der Waals surface area contributed by atoms with Gasteiger partial charge in [0.25, 0.3) is 0 Å². The number of benzene rings is 1. The number of anilines is 2. The summed E-state index contributed by atoms with van der Waals surface area (Å²) in [5.74, 6) is -0.299. The van der Waals surface area contributed by atoms with Crippen LogP contribution >= 0.6 is 11.3 Å². The number of hydrogen-bond donors (Lipinski definition) is 1. The summed E-state index contributed by atoms with van der Waals surface area (Å²) in [5, 5.41) is 4.77. The number of morpholine rings is 1. The highest BCUT2D eigenvalue weighted by Gasteiger charge is 2.32. The second-order valence-electron chi connectivity index (χ2n) is 7.52. The van der Waals surface area contributed by atoms with Gasteiger partial charge in [0.1, 0.15) is 0 Å². The Balaban J connectivity index is 1.52. The Bertz CT molecular complexity index is 867. The number of alkyl halides is 3. The lowest BCUT2D eigenvalue weighted by Gasteiger charge is -2.31. The van der Waals surface area contributed by atoms with Crippen molar-refractivity contribution in [2.45, 2.75) is 25.1 Å². The summed E-state index contributed by atoms with van der Waals surface area (Å²) >= 11 is 1.66. The predicted octanol–water partition coefficient (Wildman–Crippen LogP) is 4.38. The molecule has 1 aromatic carbocycles. The molecule has 9 heteroatoms. The van der Waals surface area contributed by atoms with Gasteiger partial charge in [0.05, 0.1) is 36.7 Å². The number of halogens is 3. The molecule has 2 aromatic rings. The molecule has 0 unspecified atom stereocenters. The summed E-state index contributed by atoms with van der Waals surface area (Å²) < 4.78 is 45.1. The summed E-state index contributed by atoms with van der Waals surface area (Å²) in [5.41, 5.74) is 0.0203. The minimum absolute atomic E-state index is 0.154. The quantitative estimate of drug-likeness (QED) is 0.751. The van der Waals surface area contributed by atoms with Crippen LogP contribution in [0.2, 0.25) is 0 Å². The number of ether oxygens (including phenoxy) is 1. The average molecular weight is 440 g/mol. The van der Waals surface area contributed by atoms with Gasteiger partial charge >= 0.3 is 6.18 Å². The third-order valence-corrected chi connectivity index (χ3v) is 6.51.